The van der Waals surface area contributed by atoms with Gasteiger partial charge in [0, 0.05) is 24.0 Å². The first-order chi connectivity index (χ1) is 14.9. The van der Waals surface area contributed by atoms with E-state index in [0.717, 1.165) is 0 Å². The Balaban J connectivity index is 1.47. The van der Waals surface area contributed by atoms with E-state index in [1.165, 1.54) is 22.7 Å². The summed E-state index contributed by atoms with van der Waals surface area (Å²) in [6.45, 7) is 2.03. The van der Waals surface area contributed by atoms with Gasteiger partial charge in [-0.1, -0.05) is 17.7 Å². The molecule has 0 aliphatic rings. The molecular weight excluding hydrogens is 426 g/mol. The van der Waals surface area contributed by atoms with Gasteiger partial charge in [0.15, 0.2) is 5.69 Å². The summed E-state index contributed by atoms with van der Waals surface area (Å²) in [5.74, 6) is -2.10. The maximum Gasteiger partial charge on any atom is 0.274 e. The van der Waals surface area contributed by atoms with E-state index in [-0.39, 0.29) is 22.8 Å². The summed E-state index contributed by atoms with van der Waals surface area (Å²) in [7, 11) is 0. The number of hydrogen-bond donors (Lipinski definition) is 1. The molecule has 1 amide bonds. The second-order valence-corrected chi connectivity index (χ2v) is 7.31. The van der Waals surface area contributed by atoms with E-state index in [1.54, 1.807) is 48.1 Å². The Morgan fingerprint density at radius 2 is 2.10 bits per heavy atom. The summed E-state index contributed by atoms with van der Waals surface area (Å²) in [5.41, 5.74) is 0.698. The number of pyridine rings is 1. The number of amides is 1. The zero-order chi connectivity index (χ0) is 22.1. The molecule has 7 nitrogen and oxygen atoms in total. The lowest BCUT2D eigenvalue weighted by Gasteiger charge is -2.13. The van der Waals surface area contributed by atoms with E-state index in [2.05, 4.69) is 15.4 Å². The molecule has 10 heteroatoms. The molecular formula is C21H15ClF2N6O. The van der Waals surface area contributed by atoms with Crippen LogP contribution in [0.1, 0.15) is 23.0 Å². The lowest BCUT2D eigenvalue weighted by molar-refractivity contribution is 0.0927. The molecule has 31 heavy (non-hydrogen) atoms. The van der Waals surface area contributed by atoms with Crippen LogP contribution >= 0.6 is 11.6 Å². The number of carbonyl (C=O) groups is 1. The second-order valence-electron chi connectivity index (χ2n) is 6.90. The lowest BCUT2D eigenvalue weighted by Crippen LogP contribution is -2.36. The van der Waals surface area contributed by atoms with E-state index in [9.17, 15) is 13.6 Å². The molecule has 1 N–H and O–H groups in total. The molecule has 0 saturated heterocycles. The van der Waals surface area contributed by atoms with Gasteiger partial charge in [-0.2, -0.15) is 14.8 Å². The Hall–Kier alpha value is -3.77. The highest BCUT2D eigenvalue weighted by molar-refractivity contribution is 6.32. The molecule has 1 unspecified atom stereocenters. The summed E-state index contributed by atoms with van der Waals surface area (Å²) < 4.78 is 31.2. The Bertz CT molecular complexity index is 1320. The Kier molecular flexibility index (Phi) is 5.40. The average Bonchev–Trinajstić information content (AvgIpc) is 3.32. The van der Waals surface area contributed by atoms with E-state index >= 15 is 0 Å². The smallest absolute Gasteiger partial charge is 0.274 e. The monoisotopic (exact) mass is 440 g/mol. The van der Waals surface area contributed by atoms with Crippen LogP contribution in [0.2, 0.25) is 5.02 Å². The van der Waals surface area contributed by atoms with Gasteiger partial charge < -0.3 is 5.32 Å². The zero-order valence-corrected chi connectivity index (χ0v) is 16.9. The molecule has 0 bridgehead atoms. The van der Waals surface area contributed by atoms with Gasteiger partial charge in [0.25, 0.3) is 5.91 Å². The van der Waals surface area contributed by atoms with Crippen LogP contribution in [0.25, 0.3) is 16.9 Å². The number of benzene rings is 1. The number of rotatable bonds is 5. The van der Waals surface area contributed by atoms with Crippen molar-refractivity contribution < 1.29 is 13.6 Å². The minimum absolute atomic E-state index is 0.00200. The standard InChI is InChI=1S/C21H15ClF2N6O/c1-12(26-21(31)19-20(24)30-6-3-2-4-18(30)27-19)11-29-7-5-17(28-29)13-8-15(22)14(10-25)16(23)9-13/h2-9,12H,11H2,1H3,(H,26,31). The van der Waals surface area contributed by atoms with Gasteiger partial charge in [-0.3, -0.25) is 13.9 Å². The molecule has 3 heterocycles. The van der Waals surface area contributed by atoms with Gasteiger partial charge in [-0.15, -0.1) is 0 Å². The highest BCUT2D eigenvalue weighted by Gasteiger charge is 2.20. The van der Waals surface area contributed by atoms with Crippen molar-refractivity contribution in [2.45, 2.75) is 19.5 Å². The average molecular weight is 441 g/mol. The van der Waals surface area contributed by atoms with Crippen molar-refractivity contribution >= 4 is 23.2 Å². The van der Waals surface area contributed by atoms with Crippen molar-refractivity contribution in [2.24, 2.45) is 0 Å². The van der Waals surface area contributed by atoms with Crippen LogP contribution in [-0.2, 0) is 6.54 Å². The molecule has 0 spiro atoms. The third kappa shape index (κ3) is 3.98. The lowest BCUT2D eigenvalue weighted by atomic mass is 10.1. The Morgan fingerprint density at radius 1 is 1.29 bits per heavy atom. The Labute approximate surface area is 180 Å². The van der Waals surface area contributed by atoms with Crippen molar-refractivity contribution in [2.75, 3.05) is 0 Å². The van der Waals surface area contributed by atoms with Gasteiger partial charge in [0.1, 0.15) is 23.1 Å². The summed E-state index contributed by atoms with van der Waals surface area (Å²) in [6, 6.07) is 10.6. The summed E-state index contributed by atoms with van der Waals surface area (Å²) >= 11 is 5.95. The predicted molar refractivity (Wildman–Crippen MR) is 109 cm³/mol. The maximum absolute atomic E-state index is 14.4. The van der Waals surface area contributed by atoms with Gasteiger partial charge in [-0.25, -0.2) is 9.37 Å². The molecule has 0 aliphatic heterocycles. The first kappa shape index (κ1) is 20.5. The fourth-order valence-electron chi connectivity index (χ4n) is 3.17. The number of nitrogens with zero attached hydrogens (tertiary/aromatic N) is 5. The highest BCUT2D eigenvalue weighted by atomic mass is 35.5. The van der Waals surface area contributed by atoms with Crippen LogP contribution in [0.4, 0.5) is 8.78 Å². The molecule has 0 aliphatic carbocycles. The van der Waals surface area contributed by atoms with Crippen molar-refractivity contribution in [3.8, 4) is 17.3 Å². The molecule has 3 aromatic heterocycles. The topological polar surface area (TPSA) is 88.0 Å². The Morgan fingerprint density at radius 3 is 2.81 bits per heavy atom. The van der Waals surface area contributed by atoms with Crippen LogP contribution < -0.4 is 5.32 Å². The van der Waals surface area contributed by atoms with E-state index < -0.39 is 23.7 Å². The zero-order valence-electron chi connectivity index (χ0n) is 16.2. The molecule has 0 fully saturated rings. The molecule has 4 aromatic rings. The van der Waals surface area contributed by atoms with Crippen LogP contribution in [-0.4, -0.2) is 31.1 Å². The maximum atomic E-state index is 14.4. The predicted octanol–water partition coefficient (Wildman–Crippen LogP) is 3.82. The van der Waals surface area contributed by atoms with Crippen molar-refractivity contribution in [1.82, 2.24) is 24.5 Å². The normalized spacial score (nSPS) is 12.0. The summed E-state index contributed by atoms with van der Waals surface area (Å²) in [5, 5.41) is 16.0. The minimum atomic E-state index is -0.735. The van der Waals surface area contributed by atoms with Crippen molar-refractivity contribution in [1.29, 1.82) is 5.26 Å². The van der Waals surface area contributed by atoms with Gasteiger partial charge in [0.2, 0.25) is 5.95 Å². The molecule has 1 aromatic carbocycles. The number of carbonyl (C=O) groups excluding carboxylic acids is 1. The third-order valence-corrected chi connectivity index (χ3v) is 4.91. The molecule has 156 valence electrons. The first-order valence-corrected chi connectivity index (χ1v) is 9.61. The fraction of sp³-hybridized carbons (Fsp3) is 0.143. The molecule has 1 atom stereocenters. The van der Waals surface area contributed by atoms with E-state index in [4.69, 9.17) is 16.9 Å². The van der Waals surface area contributed by atoms with E-state index in [0.29, 0.717) is 16.9 Å². The summed E-state index contributed by atoms with van der Waals surface area (Å²) in [4.78, 5) is 16.5. The number of hydrogen-bond acceptors (Lipinski definition) is 4. The minimum Gasteiger partial charge on any atom is -0.346 e. The number of imidazole rings is 1. The SMILES string of the molecule is CC(Cn1ccc(-c2cc(F)c(C#N)c(Cl)c2)n1)NC(=O)c1nc2ccccn2c1F. The van der Waals surface area contributed by atoms with Crippen LogP contribution in [0.5, 0.6) is 0 Å². The van der Waals surface area contributed by atoms with Gasteiger partial charge in [-0.05, 0) is 37.3 Å². The number of nitrogens with one attached hydrogen (secondary N) is 1. The van der Waals surface area contributed by atoms with Crippen molar-refractivity contribution in [3.05, 3.63) is 76.8 Å². The summed E-state index contributed by atoms with van der Waals surface area (Å²) in [6.07, 6.45) is 3.15. The first-order valence-electron chi connectivity index (χ1n) is 9.23. The number of halogens is 3. The highest BCUT2D eigenvalue weighted by Crippen LogP contribution is 2.26. The van der Waals surface area contributed by atoms with Crippen molar-refractivity contribution in [3.63, 3.8) is 0 Å². The number of fused-ring (bicyclic) bond motifs is 1. The van der Waals surface area contributed by atoms with Gasteiger partial charge >= 0.3 is 0 Å². The quantitative estimate of drug-likeness (QED) is 0.511. The largest absolute Gasteiger partial charge is 0.346 e. The molecule has 0 saturated carbocycles. The van der Waals surface area contributed by atoms with Crippen LogP contribution in [0.15, 0.2) is 48.8 Å². The number of aromatic nitrogens is 4. The third-order valence-electron chi connectivity index (χ3n) is 4.62. The van der Waals surface area contributed by atoms with E-state index in [1.807, 2.05) is 0 Å². The fourth-order valence-corrected chi connectivity index (χ4v) is 3.42. The number of nitriles is 1. The molecule has 0 radical (unpaired) electrons. The van der Waals surface area contributed by atoms with Gasteiger partial charge in [0.05, 0.1) is 17.3 Å². The second kappa shape index (κ2) is 8.16. The molecule has 4 rings (SSSR count). The van der Waals surface area contributed by atoms with Crippen LogP contribution in [0, 0.1) is 23.1 Å². The van der Waals surface area contributed by atoms with Crippen LogP contribution in [0.3, 0.4) is 0 Å².